The van der Waals surface area contributed by atoms with Gasteiger partial charge in [-0.2, -0.15) is 4.89 Å². The summed E-state index contributed by atoms with van der Waals surface area (Å²) < 4.78 is 0. The van der Waals surface area contributed by atoms with Crippen LogP contribution in [0.2, 0.25) is 0 Å². The molecule has 17 heavy (non-hydrogen) atoms. The molecule has 3 nitrogen and oxygen atoms in total. The summed E-state index contributed by atoms with van der Waals surface area (Å²) in [4.78, 5) is 21.2. The van der Waals surface area contributed by atoms with Gasteiger partial charge < -0.3 is 0 Å². The van der Waals surface area contributed by atoms with Gasteiger partial charge in [-0.15, -0.1) is 0 Å². The van der Waals surface area contributed by atoms with Crippen LogP contribution in [-0.4, -0.2) is 12.6 Å². The fourth-order valence-electron chi connectivity index (χ4n) is 1.46. The highest BCUT2D eigenvalue weighted by Crippen LogP contribution is 2.09. The molecule has 1 radical (unpaired) electrons. The van der Waals surface area contributed by atoms with Crippen LogP contribution in [0, 0.1) is 13.8 Å². The number of carbonyl (C=O) groups excluding carboxylic acids is 1. The Balaban J connectivity index is 2.24. The largest absolute Gasteiger partial charge is 0.373 e. The molecule has 93 valence electrons. The van der Waals surface area contributed by atoms with Crippen molar-refractivity contribution in [2.45, 2.75) is 32.6 Å². The minimum Gasteiger partial charge on any atom is -0.293 e. The molecule has 0 aliphatic carbocycles. The Morgan fingerprint density at radius 3 is 2.71 bits per heavy atom. The molecular weight excluding hydrogens is 216 g/mol. The Morgan fingerprint density at radius 2 is 2.00 bits per heavy atom. The smallest absolute Gasteiger partial charge is 0.293 e. The summed E-state index contributed by atoms with van der Waals surface area (Å²) in [6, 6.07) is 7.28. The van der Waals surface area contributed by atoms with Crippen LogP contribution in [0.5, 0.6) is 0 Å². The molecule has 0 bridgehead atoms. The van der Waals surface area contributed by atoms with Crippen molar-refractivity contribution in [2.75, 3.05) is 6.61 Å². The quantitative estimate of drug-likeness (QED) is 0.412. The van der Waals surface area contributed by atoms with E-state index in [0.717, 1.165) is 31.2 Å². The molecule has 0 amide bonds. The van der Waals surface area contributed by atoms with Crippen LogP contribution in [0.3, 0.4) is 0 Å². The topological polar surface area (TPSA) is 35.5 Å². The van der Waals surface area contributed by atoms with Gasteiger partial charge in [-0.05, 0) is 25.0 Å². The fourth-order valence-corrected chi connectivity index (χ4v) is 1.46. The number of hydrogen-bond acceptors (Lipinski definition) is 3. The lowest BCUT2D eigenvalue weighted by Crippen LogP contribution is -2.08. The van der Waals surface area contributed by atoms with E-state index in [0.29, 0.717) is 12.2 Å². The van der Waals surface area contributed by atoms with Gasteiger partial charge in [-0.1, -0.05) is 44.4 Å². The molecule has 0 spiro atoms. The lowest BCUT2D eigenvalue weighted by Gasteiger charge is -2.05. The summed E-state index contributed by atoms with van der Waals surface area (Å²) in [5.74, 6) is -0.430. The number of unbranched alkanes of at least 4 members (excludes halogenated alkanes) is 3. The first-order chi connectivity index (χ1) is 8.25. The van der Waals surface area contributed by atoms with E-state index in [1.807, 2.05) is 19.1 Å². The molecule has 1 aromatic rings. The van der Waals surface area contributed by atoms with Crippen LogP contribution in [-0.2, 0) is 9.78 Å². The molecule has 0 heterocycles. The minimum absolute atomic E-state index is 0.430. The summed E-state index contributed by atoms with van der Waals surface area (Å²) in [5, 5.41) is 0. The van der Waals surface area contributed by atoms with Crippen LogP contribution >= 0.6 is 0 Å². The molecule has 0 N–H and O–H groups in total. The van der Waals surface area contributed by atoms with E-state index in [1.54, 1.807) is 12.1 Å². The standard InChI is InChI=1S/C14H19O3/c1-3-4-5-8-11-16-17-14(15)13-10-7-6-9-12(13)2/h6-7,9-10H,1,3-5,8,11H2,2H3. The van der Waals surface area contributed by atoms with Crippen LogP contribution in [0.15, 0.2) is 24.3 Å². The van der Waals surface area contributed by atoms with Gasteiger partial charge in [0, 0.05) is 0 Å². The van der Waals surface area contributed by atoms with Crippen molar-refractivity contribution in [2.24, 2.45) is 0 Å². The molecule has 3 heteroatoms. The lowest BCUT2D eigenvalue weighted by molar-refractivity contribution is -0.241. The second-order valence-corrected chi connectivity index (χ2v) is 3.92. The van der Waals surface area contributed by atoms with Crippen molar-refractivity contribution in [3.8, 4) is 0 Å². The van der Waals surface area contributed by atoms with Crippen molar-refractivity contribution in [1.29, 1.82) is 0 Å². The molecule has 0 unspecified atom stereocenters. The van der Waals surface area contributed by atoms with Gasteiger partial charge in [0.05, 0.1) is 12.2 Å². The van der Waals surface area contributed by atoms with Crippen LogP contribution in [0.25, 0.3) is 0 Å². The number of rotatable bonds is 7. The van der Waals surface area contributed by atoms with Crippen LogP contribution < -0.4 is 0 Å². The van der Waals surface area contributed by atoms with E-state index in [2.05, 4.69) is 6.92 Å². The van der Waals surface area contributed by atoms with Gasteiger partial charge >= 0.3 is 5.97 Å². The van der Waals surface area contributed by atoms with Gasteiger partial charge in [0.25, 0.3) is 0 Å². The van der Waals surface area contributed by atoms with Gasteiger partial charge in [0.1, 0.15) is 0 Å². The maximum atomic E-state index is 11.6. The molecule has 1 rings (SSSR count). The average Bonchev–Trinajstić information content (AvgIpc) is 2.34. The number of carbonyl (C=O) groups is 1. The SMILES string of the molecule is [CH2]CCCCCOOC(=O)c1ccccc1C. The first-order valence-electron chi connectivity index (χ1n) is 5.94. The highest BCUT2D eigenvalue weighted by molar-refractivity contribution is 5.90. The van der Waals surface area contributed by atoms with Crippen molar-refractivity contribution in [3.63, 3.8) is 0 Å². The van der Waals surface area contributed by atoms with E-state index in [1.165, 1.54) is 0 Å². The highest BCUT2D eigenvalue weighted by Gasteiger charge is 2.10. The Bertz CT molecular complexity index is 347. The first-order valence-corrected chi connectivity index (χ1v) is 5.94. The zero-order valence-electron chi connectivity index (χ0n) is 10.3. The second kappa shape index (κ2) is 7.85. The third kappa shape index (κ3) is 5.00. The van der Waals surface area contributed by atoms with Crippen molar-refractivity contribution in [1.82, 2.24) is 0 Å². The Labute approximate surface area is 103 Å². The normalized spacial score (nSPS) is 10.2. The molecule has 0 saturated heterocycles. The second-order valence-electron chi connectivity index (χ2n) is 3.92. The predicted octanol–water partition coefficient (Wildman–Crippen LogP) is 3.48. The molecule has 1 aromatic carbocycles. The van der Waals surface area contributed by atoms with E-state index in [-0.39, 0.29) is 0 Å². The summed E-state index contributed by atoms with van der Waals surface area (Å²) >= 11 is 0. The summed E-state index contributed by atoms with van der Waals surface area (Å²) in [7, 11) is 0. The predicted molar refractivity (Wildman–Crippen MR) is 66.4 cm³/mol. The molecule has 0 aromatic heterocycles. The summed E-state index contributed by atoms with van der Waals surface area (Å²) in [6.07, 6.45) is 3.94. The highest BCUT2D eigenvalue weighted by atomic mass is 17.2. The van der Waals surface area contributed by atoms with Crippen LogP contribution in [0.4, 0.5) is 0 Å². The molecule has 0 aliphatic rings. The van der Waals surface area contributed by atoms with Gasteiger partial charge in [0.15, 0.2) is 0 Å². The zero-order chi connectivity index (χ0) is 12.5. The maximum Gasteiger partial charge on any atom is 0.373 e. The first kappa shape index (κ1) is 13.7. The zero-order valence-corrected chi connectivity index (χ0v) is 10.3. The van der Waals surface area contributed by atoms with Crippen molar-refractivity contribution in [3.05, 3.63) is 42.3 Å². The average molecular weight is 235 g/mol. The van der Waals surface area contributed by atoms with E-state index in [4.69, 9.17) is 9.78 Å². The van der Waals surface area contributed by atoms with E-state index < -0.39 is 5.97 Å². The molecular formula is C14H19O3. The monoisotopic (exact) mass is 235 g/mol. The Kier molecular flexibility index (Phi) is 6.33. The third-order valence-electron chi connectivity index (χ3n) is 2.48. The summed E-state index contributed by atoms with van der Waals surface area (Å²) in [5.41, 5.74) is 1.43. The van der Waals surface area contributed by atoms with Gasteiger partial charge in [0.2, 0.25) is 0 Å². The van der Waals surface area contributed by atoms with E-state index >= 15 is 0 Å². The summed E-state index contributed by atoms with van der Waals surface area (Å²) in [6.45, 7) is 6.06. The third-order valence-corrected chi connectivity index (χ3v) is 2.48. The van der Waals surface area contributed by atoms with Crippen molar-refractivity contribution >= 4 is 5.97 Å². The van der Waals surface area contributed by atoms with E-state index in [9.17, 15) is 4.79 Å². The van der Waals surface area contributed by atoms with Gasteiger partial charge in [-0.25, -0.2) is 4.79 Å². The molecule has 0 saturated carbocycles. The Morgan fingerprint density at radius 1 is 1.24 bits per heavy atom. The fraction of sp³-hybridized carbons (Fsp3) is 0.429. The lowest BCUT2D eigenvalue weighted by atomic mass is 10.1. The maximum absolute atomic E-state index is 11.6. The number of hydrogen-bond donors (Lipinski definition) is 0. The minimum atomic E-state index is -0.430. The number of benzene rings is 1. The van der Waals surface area contributed by atoms with Crippen molar-refractivity contribution < 1.29 is 14.6 Å². The number of aryl methyl sites for hydroxylation is 1. The molecule has 0 fully saturated rings. The van der Waals surface area contributed by atoms with Crippen LogP contribution in [0.1, 0.15) is 41.6 Å². The Hall–Kier alpha value is -1.35. The van der Waals surface area contributed by atoms with Gasteiger partial charge in [-0.3, -0.25) is 4.89 Å². The molecule has 0 atom stereocenters. The molecule has 0 aliphatic heterocycles.